The SMILES string of the molecule is Cc1ccc(S(=O)(=O)N[C@@H]2CC=CC[C@@H]2N=[N+]=[N-])cc1. The van der Waals surface area contributed by atoms with E-state index in [2.05, 4.69) is 14.7 Å². The summed E-state index contributed by atoms with van der Waals surface area (Å²) in [6.07, 6.45) is 4.86. The summed E-state index contributed by atoms with van der Waals surface area (Å²) < 4.78 is 27.2. The predicted octanol–water partition coefficient (Wildman–Crippen LogP) is 2.67. The number of benzene rings is 1. The highest BCUT2D eigenvalue weighted by atomic mass is 32.2. The Labute approximate surface area is 118 Å². The van der Waals surface area contributed by atoms with Gasteiger partial charge in [-0.2, -0.15) is 0 Å². The number of azide groups is 1. The largest absolute Gasteiger partial charge is 0.240 e. The Hall–Kier alpha value is -1.82. The standard InChI is InChI=1S/C13H16N4O2S/c1-10-6-8-11(9-7-10)20(18,19)16-13-5-3-2-4-12(13)15-17-14/h2-3,6-9,12-13,16H,4-5H2,1H3/t12-,13+/m0/s1. The second-order valence-electron chi connectivity index (χ2n) is 4.76. The number of sulfonamides is 1. The van der Waals surface area contributed by atoms with E-state index in [9.17, 15) is 8.42 Å². The third-order valence-corrected chi connectivity index (χ3v) is 4.74. The zero-order chi connectivity index (χ0) is 14.6. The van der Waals surface area contributed by atoms with Crippen LogP contribution < -0.4 is 4.72 Å². The summed E-state index contributed by atoms with van der Waals surface area (Å²) in [5.74, 6) is 0. The van der Waals surface area contributed by atoms with Gasteiger partial charge < -0.3 is 0 Å². The lowest BCUT2D eigenvalue weighted by Gasteiger charge is -2.25. The molecule has 7 heteroatoms. The summed E-state index contributed by atoms with van der Waals surface area (Å²) in [6.45, 7) is 1.90. The molecule has 1 N–H and O–H groups in total. The van der Waals surface area contributed by atoms with Gasteiger partial charge in [0.15, 0.2) is 0 Å². The molecule has 0 aliphatic heterocycles. The van der Waals surface area contributed by atoms with E-state index < -0.39 is 16.1 Å². The molecule has 0 radical (unpaired) electrons. The van der Waals surface area contributed by atoms with Crippen molar-refractivity contribution >= 4 is 10.0 Å². The van der Waals surface area contributed by atoms with Gasteiger partial charge in [0.05, 0.1) is 10.9 Å². The Kier molecular flexibility index (Phi) is 4.44. The van der Waals surface area contributed by atoms with E-state index in [4.69, 9.17) is 5.53 Å². The average molecular weight is 292 g/mol. The molecule has 1 aromatic rings. The molecule has 0 aromatic heterocycles. The molecule has 0 heterocycles. The number of nitrogens with zero attached hydrogens (tertiary/aromatic N) is 3. The summed E-state index contributed by atoms with van der Waals surface area (Å²) >= 11 is 0. The minimum absolute atomic E-state index is 0.220. The van der Waals surface area contributed by atoms with Gasteiger partial charge in [0.25, 0.3) is 0 Å². The molecule has 106 valence electrons. The quantitative estimate of drug-likeness (QED) is 0.399. The molecule has 1 aliphatic carbocycles. The highest BCUT2D eigenvalue weighted by Crippen LogP contribution is 2.19. The Morgan fingerprint density at radius 1 is 1.25 bits per heavy atom. The molecular weight excluding hydrogens is 276 g/mol. The van der Waals surface area contributed by atoms with Crippen LogP contribution in [0.15, 0.2) is 46.4 Å². The molecular formula is C13H16N4O2S. The van der Waals surface area contributed by atoms with Crippen LogP contribution in [0.3, 0.4) is 0 Å². The van der Waals surface area contributed by atoms with Crippen LogP contribution >= 0.6 is 0 Å². The fourth-order valence-corrected chi connectivity index (χ4v) is 3.39. The number of rotatable bonds is 4. The van der Waals surface area contributed by atoms with Crippen molar-refractivity contribution in [3.05, 3.63) is 52.4 Å². The van der Waals surface area contributed by atoms with Gasteiger partial charge in [-0.15, -0.1) is 0 Å². The van der Waals surface area contributed by atoms with Crippen LogP contribution in [-0.2, 0) is 10.0 Å². The Balaban J connectivity index is 2.20. The third-order valence-electron chi connectivity index (χ3n) is 3.24. The molecule has 20 heavy (non-hydrogen) atoms. The van der Waals surface area contributed by atoms with Crippen LogP contribution in [0.2, 0.25) is 0 Å². The lowest BCUT2D eigenvalue weighted by molar-refractivity contribution is 0.467. The molecule has 2 atom stereocenters. The molecule has 0 bridgehead atoms. The molecule has 1 aliphatic rings. The van der Waals surface area contributed by atoms with E-state index in [1.165, 1.54) is 0 Å². The fourth-order valence-electron chi connectivity index (χ4n) is 2.11. The van der Waals surface area contributed by atoms with Crippen molar-refractivity contribution in [3.63, 3.8) is 0 Å². The van der Waals surface area contributed by atoms with E-state index in [-0.39, 0.29) is 10.9 Å². The van der Waals surface area contributed by atoms with Gasteiger partial charge in [-0.1, -0.05) is 35.0 Å². The highest BCUT2D eigenvalue weighted by Gasteiger charge is 2.26. The van der Waals surface area contributed by atoms with Crippen LogP contribution in [0.1, 0.15) is 18.4 Å². The van der Waals surface area contributed by atoms with Crippen molar-refractivity contribution in [2.75, 3.05) is 0 Å². The average Bonchev–Trinajstić information content (AvgIpc) is 2.41. The van der Waals surface area contributed by atoms with Crippen molar-refractivity contribution < 1.29 is 8.42 Å². The zero-order valence-corrected chi connectivity index (χ0v) is 11.9. The van der Waals surface area contributed by atoms with Crippen molar-refractivity contribution in [3.8, 4) is 0 Å². The number of aryl methyl sites for hydroxylation is 1. The lowest BCUT2D eigenvalue weighted by Crippen LogP contribution is -2.43. The summed E-state index contributed by atoms with van der Waals surface area (Å²) in [5, 5.41) is 3.66. The second-order valence-corrected chi connectivity index (χ2v) is 6.47. The third kappa shape index (κ3) is 3.39. The summed E-state index contributed by atoms with van der Waals surface area (Å²) in [5.41, 5.74) is 9.54. The summed E-state index contributed by atoms with van der Waals surface area (Å²) in [4.78, 5) is 3.00. The number of hydrogen-bond acceptors (Lipinski definition) is 3. The molecule has 1 aromatic carbocycles. The zero-order valence-electron chi connectivity index (χ0n) is 11.1. The molecule has 0 saturated carbocycles. The maximum absolute atomic E-state index is 12.3. The fraction of sp³-hybridized carbons (Fsp3) is 0.385. The topological polar surface area (TPSA) is 94.9 Å². The van der Waals surface area contributed by atoms with Gasteiger partial charge in [-0.25, -0.2) is 13.1 Å². The molecule has 2 rings (SSSR count). The summed E-state index contributed by atoms with van der Waals surface area (Å²) in [7, 11) is -3.60. The van der Waals surface area contributed by atoms with Gasteiger partial charge in [0.2, 0.25) is 10.0 Å². The number of nitrogens with one attached hydrogen (secondary N) is 1. The van der Waals surface area contributed by atoms with E-state index in [0.29, 0.717) is 12.8 Å². The first-order valence-corrected chi connectivity index (χ1v) is 7.79. The van der Waals surface area contributed by atoms with Crippen LogP contribution in [0.5, 0.6) is 0 Å². The molecule has 6 nitrogen and oxygen atoms in total. The van der Waals surface area contributed by atoms with Crippen LogP contribution in [-0.4, -0.2) is 20.5 Å². The van der Waals surface area contributed by atoms with Gasteiger partial charge in [-0.05, 0) is 37.4 Å². The first-order valence-electron chi connectivity index (χ1n) is 6.31. The first-order chi connectivity index (χ1) is 9.53. The smallest absolute Gasteiger partial charge is 0.207 e. The van der Waals surface area contributed by atoms with Gasteiger partial charge >= 0.3 is 0 Å². The highest BCUT2D eigenvalue weighted by molar-refractivity contribution is 7.89. The van der Waals surface area contributed by atoms with Crippen LogP contribution in [0.25, 0.3) is 10.4 Å². The summed E-state index contributed by atoms with van der Waals surface area (Å²) in [6, 6.07) is 5.85. The van der Waals surface area contributed by atoms with E-state index in [1.807, 2.05) is 19.1 Å². The van der Waals surface area contributed by atoms with E-state index in [0.717, 1.165) is 5.56 Å². The predicted molar refractivity (Wildman–Crippen MR) is 76.6 cm³/mol. The van der Waals surface area contributed by atoms with Gasteiger partial charge in [0, 0.05) is 11.0 Å². The molecule has 0 amide bonds. The maximum atomic E-state index is 12.3. The molecule has 0 unspecified atom stereocenters. The Morgan fingerprint density at radius 3 is 2.55 bits per heavy atom. The van der Waals surface area contributed by atoms with Gasteiger partial charge in [0.1, 0.15) is 0 Å². The number of hydrogen-bond donors (Lipinski definition) is 1. The minimum Gasteiger partial charge on any atom is -0.207 e. The van der Waals surface area contributed by atoms with E-state index in [1.54, 1.807) is 24.3 Å². The van der Waals surface area contributed by atoms with Crippen LogP contribution in [0, 0.1) is 6.92 Å². The van der Waals surface area contributed by atoms with Crippen molar-refractivity contribution in [1.29, 1.82) is 0 Å². The van der Waals surface area contributed by atoms with Crippen molar-refractivity contribution in [1.82, 2.24) is 4.72 Å². The van der Waals surface area contributed by atoms with E-state index >= 15 is 0 Å². The first kappa shape index (κ1) is 14.6. The van der Waals surface area contributed by atoms with Gasteiger partial charge in [-0.3, -0.25) is 0 Å². The molecule has 0 spiro atoms. The van der Waals surface area contributed by atoms with Crippen LogP contribution in [0.4, 0.5) is 0 Å². The Morgan fingerprint density at radius 2 is 1.90 bits per heavy atom. The normalized spacial score (nSPS) is 22.2. The second kappa shape index (κ2) is 6.09. The van der Waals surface area contributed by atoms with Crippen molar-refractivity contribution in [2.45, 2.75) is 36.7 Å². The van der Waals surface area contributed by atoms with Crippen molar-refractivity contribution in [2.24, 2.45) is 5.11 Å². The lowest BCUT2D eigenvalue weighted by atomic mass is 9.98. The Bertz CT molecular complexity index is 645. The monoisotopic (exact) mass is 292 g/mol. The molecule has 0 fully saturated rings. The molecule has 0 saturated heterocycles. The maximum Gasteiger partial charge on any atom is 0.240 e. The minimum atomic E-state index is -3.60.